The summed E-state index contributed by atoms with van der Waals surface area (Å²) in [6, 6.07) is 0.762. The van der Waals surface area contributed by atoms with Gasteiger partial charge in [-0.1, -0.05) is 20.8 Å². The first-order valence-corrected chi connectivity index (χ1v) is 7.16. The number of nitrogens with zero attached hydrogens (tertiary/aromatic N) is 1. The molecule has 0 aliphatic carbocycles. The van der Waals surface area contributed by atoms with Crippen LogP contribution < -0.4 is 5.73 Å². The van der Waals surface area contributed by atoms with Gasteiger partial charge in [0, 0.05) is 11.6 Å². The minimum Gasteiger partial charge on any atom is -0.394 e. The van der Waals surface area contributed by atoms with Gasteiger partial charge in [0.1, 0.15) is 0 Å². The van der Waals surface area contributed by atoms with Crippen LogP contribution in [0.2, 0.25) is 0 Å². The third-order valence-electron chi connectivity index (χ3n) is 4.32. The summed E-state index contributed by atoms with van der Waals surface area (Å²) < 4.78 is 0. The van der Waals surface area contributed by atoms with Crippen LogP contribution in [-0.2, 0) is 0 Å². The molecule has 0 amide bonds. The fourth-order valence-electron chi connectivity index (χ4n) is 2.89. The van der Waals surface area contributed by atoms with E-state index < -0.39 is 0 Å². The topological polar surface area (TPSA) is 49.5 Å². The van der Waals surface area contributed by atoms with Gasteiger partial charge in [-0.2, -0.15) is 0 Å². The van der Waals surface area contributed by atoms with E-state index in [0.29, 0.717) is 0 Å². The molecule has 1 heterocycles. The van der Waals surface area contributed by atoms with Gasteiger partial charge in [-0.3, -0.25) is 0 Å². The highest BCUT2D eigenvalue weighted by atomic mass is 16.3. The molecule has 1 rings (SSSR count). The Morgan fingerprint density at radius 2 is 2.18 bits per heavy atom. The Morgan fingerprint density at radius 3 is 2.71 bits per heavy atom. The van der Waals surface area contributed by atoms with Gasteiger partial charge in [-0.25, -0.2) is 0 Å². The van der Waals surface area contributed by atoms with E-state index in [2.05, 4.69) is 25.7 Å². The molecule has 1 aliphatic rings. The number of hydrogen-bond acceptors (Lipinski definition) is 3. The van der Waals surface area contributed by atoms with E-state index in [-0.39, 0.29) is 12.1 Å². The molecule has 0 bridgehead atoms. The number of aliphatic hydroxyl groups excluding tert-OH is 1. The average molecular weight is 242 g/mol. The van der Waals surface area contributed by atoms with Crippen LogP contribution in [-0.4, -0.2) is 41.3 Å². The molecule has 2 atom stereocenters. The molecule has 0 aromatic carbocycles. The molecule has 2 unspecified atom stereocenters. The number of nitrogens with two attached hydrogens (primary N) is 1. The van der Waals surface area contributed by atoms with Crippen LogP contribution in [0.3, 0.4) is 0 Å². The summed E-state index contributed by atoms with van der Waals surface area (Å²) in [4.78, 5) is 2.61. The first kappa shape index (κ1) is 14.9. The van der Waals surface area contributed by atoms with Gasteiger partial charge >= 0.3 is 0 Å². The number of likely N-dealkylation sites (tertiary alicyclic amines) is 1. The SMILES string of the molecule is CCC(N)(CO)CCCN1CCCC1C(C)C. The molecule has 0 spiro atoms. The van der Waals surface area contributed by atoms with Crippen molar-refractivity contribution in [1.82, 2.24) is 4.90 Å². The molecule has 3 N–H and O–H groups in total. The fourth-order valence-corrected chi connectivity index (χ4v) is 2.89. The lowest BCUT2D eigenvalue weighted by Crippen LogP contribution is -2.44. The lowest BCUT2D eigenvalue weighted by molar-refractivity contribution is 0.161. The van der Waals surface area contributed by atoms with Gasteiger partial charge in [0.05, 0.1) is 6.61 Å². The Morgan fingerprint density at radius 1 is 1.47 bits per heavy atom. The maximum Gasteiger partial charge on any atom is 0.0611 e. The van der Waals surface area contributed by atoms with Crippen LogP contribution in [0.1, 0.15) is 52.9 Å². The van der Waals surface area contributed by atoms with Crippen molar-refractivity contribution in [1.29, 1.82) is 0 Å². The lowest BCUT2D eigenvalue weighted by Gasteiger charge is -2.30. The van der Waals surface area contributed by atoms with Crippen molar-refractivity contribution in [2.24, 2.45) is 11.7 Å². The van der Waals surface area contributed by atoms with E-state index in [0.717, 1.165) is 37.8 Å². The summed E-state index contributed by atoms with van der Waals surface area (Å²) in [6.07, 6.45) is 5.58. The standard InChI is InChI=1S/C14H30N2O/c1-4-14(15,11-17)8-6-10-16-9-5-7-13(16)12(2)3/h12-13,17H,4-11,15H2,1-3H3. The normalized spacial score (nSPS) is 25.4. The van der Waals surface area contributed by atoms with Crippen LogP contribution in [0, 0.1) is 5.92 Å². The molecule has 3 nitrogen and oxygen atoms in total. The highest BCUT2D eigenvalue weighted by molar-refractivity contribution is 4.85. The van der Waals surface area contributed by atoms with Crippen molar-refractivity contribution in [3.05, 3.63) is 0 Å². The van der Waals surface area contributed by atoms with Crippen LogP contribution in [0.4, 0.5) is 0 Å². The summed E-state index contributed by atoms with van der Waals surface area (Å²) in [6.45, 7) is 9.18. The molecule has 0 radical (unpaired) electrons. The third-order valence-corrected chi connectivity index (χ3v) is 4.32. The van der Waals surface area contributed by atoms with Gasteiger partial charge < -0.3 is 15.7 Å². The molecule has 1 saturated heterocycles. The van der Waals surface area contributed by atoms with Gasteiger partial charge in [0.15, 0.2) is 0 Å². The second-order valence-corrected chi connectivity index (χ2v) is 5.97. The third kappa shape index (κ3) is 4.23. The Labute approximate surface area is 106 Å². The Kier molecular flexibility index (Phi) is 5.90. The van der Waals surface area contributed by atoms with Crippen LogP contribution in [0.5, 0.6) is 0 Å². The zero-order chi connectivity index (χ0) is 12.9. The molecule has 3 heteroatoms. The summed E-state index contributed by atoms with van der Waals surface area (Å²) in [5.74, 6) is 0.754. The van der Waals surface area contributed by atoms with Crippen LogP contribution in [0.15, 0.2) is 0 Å². The fraction of sp³-hybridized carbons (Fsp3) is 1.00. The molecule has 0 aromatic rings. The predicted octanol–water partition coefficient (Wildman–Crippen LogP) is 1.99. The average Bonchev–Trinajstić information content (AvgIpc) is 2.77. The number of hydrogen-bond donors (Lipinski definition) is 2. The highest BCUT2D eigenvalue weighted by Gasteiger charge is 2.27. The minimum absolute atomic E-state index is 0.108. The van der Waals surface area contributed by atoms with Gasteiger partial charge in [-0.05, 0) is 51.1 Å². The Bertz CT molecular complexity index is 214. The van der Waals surface area contributed by atoms with E-state index in [1.165, 1.54) is 19.4 Å². The Hall–Kier alpha value is -0.120. The molecule has 1 fully saturated rings. The Balaban J connectivity index is 2.31. The van der Waals surface area contributed by atoms with E-state index >= 15 is 0 Å². The highest BCUT2D eigenvalue weighted by Crippen LogP contribution is 2.24. The quantitative estimate of drug-likeness (QED) is 0.718. The van der Waals surface area contributed by atoms with Crippen LogP contribution in [0.25, 0.3) is 0 Å². The van der Waals surface area contributed by atoms with Crippen molar-refractivity contribution in [2.45, 2.75) is 64.5 Å². The molecule has 0 saturated carbocycles. The van der Waals surface area contributed by atoms with Crippen molar-refractivity contribution >= 4 is 0 Å². The summed E-state index contributed by atoms with van der Waals surface area (Å²) in [5.41, 5.74) is 5.75. The second-order valence-electron chi connectivity index (χ2n) is 5.97. The second kappa shape index (κ2) is 6.72. The smallest absolute Gasteiger partial charge is 0.0611 e. The van der Waals surface area contributed by atoms with Gasteiger partial charge in [0.2, 0.25) is 0 Å². The molecular formula is C14H30N2O. The van der Waals surface area contributed by atoms with E-state index in [1.807, 2.05) is 0 Å². The maximum absolute atomic E-state index is 9.28. The van der Waals surface area contributed by atoms with Crippen LogP contribution >= 0.6 is 0 Å². The molecule has 0 aromatic heterocycles. The largest absolute Gasteiger partial charge is 0.394 e. The van der Waals surface area contributed by atoms with Crippen molar-refractivity contribution in [2.75, 3.05) is 19.7 Å². The number of rotatable bonds is 7. The van der Waals surface area contributed by atoms with Gasteiger partial charge in [0.25, 0.3) is 0 Å². The maximum atomic E-state index is 9.28. The molecule has 102 valence electrons. The van der Waals surface area contributed by atoms with Crippen molar-refractivity contribution in [3.8, 4) is 0 Å². The van der Waals surface area contributed by atoms with E-state index in [4.69, 9.17) is 5.73 Å². The van der Waals surface area contributed by atoms with Crippen molar-refractivity contribution < 1.29 is 5.11 Å². The summed E-state index contributed by atoms with van der Waals surface area (Å²) >= 11 is 0. The van der Waals surface area contributed by atoms with E-state index in [1.54, 1.807) is 0 Å². The van der Waals surface area contributed by atoms with E-state index in [9.17, 15) is 5.11 Å². The first-order valence-electron chi connectivity index (χ1n) is 7.16. The number of aliphatic hydroxyl groups is 1. The molecule has 1 aliphatic heterocycles. The summed E-state index contributed by atoms with van der Waals surface area (Å²) in [5, 5.41) is 9.28. The lowest BCUT2D eigenvalue weighted by atomic mass is 9.92. The molecular weight excluding hydrogens is 212 g/mol. The zero-order valence-corrected chi connectivity index (χ0v) is 11.8. The monoisotopic (exact) mass is 242 g/mol. The molecule has 17 heavy (non-hydrogen) atoms. The van der Waals surface area contributed by atoms with Gasteiger partial charge in [-0.15, -0.1) is 0 Å². The first-order chi connectivity index (χ1) is 8.02. The van der Waals surface area contributed by atoms with Crippen molar-refractivity contribution in [3.63, 3.8) is 0 Å². The minimum atomic E-state index is -0.354. The predicted molar refractivity (Wildman–Crippen MR) is 73.0 cm³/mol. The summed E-state index contributed by atoms with van der Waals surface area (Å²) in [7, 11) is 0. The zero-order valence-electron chi connectivity index (χ0n) is 11.8.